The van der Waals surface area contributed by atoms with E-state index in [1.54, 1.807) is 25.2 Å². The molecule has 0 aromatic heterocycles. The molecular formula is C14H21BO3. The van der Waals surface area contributed by atoms with Crippen molar-refractivity contribution in [1.29, 1.82) is 0 Å². The Labute approximate surface area is 110 Å². The minimum Gasteiger partial charge on any atom is -0.399 e. The molecular weight excluding hydrogens is 227 g/mol. The van der Waals surface area contributed by atoms with Crippen molar-refractivity contribution >= 4 is 13.4 Å². The highest BCUT2D eigenvalue weighted by molar-refractivity contribution is 6.55. The number of carbonyl (C=O) groups is 1. The maximum absolute atomic E-state index is 10.5. The molecule has 3 nitrogen and oxygen atoms in total. The highest BCUT2D eigenvalue weighted by Gasteiger charge is 2.51. The minimum absolute atomic E-state index is 0.372. The van der Waals surface area contributed by atoms with Crippen LogP contribution in [0.4, 0.5) is 0 Å². The first-order valence-electron chi connectivity index (χ1n) is 6.05. The van der Waals surface area contributed by atoms with Gasteiger partial charge in [0, 0.05) is 0 Å². The van der Waals surface area contributed by atoms with Gasteiger partial charge in [-0.25, -0.2) is 0 Å². The van der Waals surface area contributed by atoms with Crippen molar-refractivity contribution in [3.05, 3.63) is 35.9 Å². The van der Waals surface area contributed by atoms with Crippen molar-refractivity contribution in [2.24, 2.45) is 0 Å². The molecule has 0 atom stereocenters. The molecule has 0 unspecified atom stereocenters. The van der Waals surface area contributed by atoms with E-state index in [2.05, 4.69) is 6.58 Å². The zero-order valence-corrected chi connectivity index (χ0v) is 11.8. The van der Waals surface area contributed by atoms with Gasteiger partial charge in [-0.15, -0.1) is 0 Å². The predicted octanol–water partition coefficient (Wildman–Crippen LogP) is 2.88. The van der Waals surface area contributed by atoms with Gasteiger partial charge in [-0.1, -0.05) is 24.8 Å². The van der Waals surface area contributed by atoms with Crippen LogP contribution in [0.2, 0.25) is 0 Å². The van der Waals surface area contributed by atoms with Crippen LogP contribution in [0.3, 0.4) is 0 Å². The molecule has 0 radical (unpaired) electrons. The van der Waals surface area contributed by atoms with E-state index in [1.807, 2.05) is 27.7 Å². The van der Waals surface area contributed by atoms with Crippen LogP contribution in [0, 0.1) is 0 Å². The zero-order valence-electron chi connectivity index (χ0n) is 11.8. The molecule has 1 aliphatic rings. The third-order valence-corrected chi connectivity index (χ3v) is 3.49. The van der Waals surface area contributed by atoms with Crippen molar-refractivity contribution < 1.29 is 14.1 Å². The number of hydrogen-bond donors (Lipinski definition) is 0. The third-order valence-electron chi connectivity index (χ3n) is 3.49. The fourth-order valence-electron chi connectivity index (χ4n) is 1.49. The van der Waals surface area contributed by atoms with E-state index in [9.17, 15) is 4.79 Å². The largest absolute Gasteiger partial charge is 0.494 e. The molecule has 0 aromatic rings. The van der Waals surface area contributed by atoms with Gasteiger partial charge in [0.05, 0.1) is 11.2 Å². The molecule has 1 aliphatic heterocycles. The van der Waals surface area contributed by atoms with Crippen molar-refractivity contribution in [3.63, 3.8) is 0 Å². The second-order valence-corrected chi connectivity index (χ2v) is 5.49. The van der Waals surface area contributed by atoms with Crippen LogP contribution in [0.25, 0.3) is 0 Å². The van der Waals surface area contributed by atoms with Crippen LogP contribution in [0.1, 0.15) is 34.6 Å². The van der Waals surface area contributed by atoms with Gasteiger partial charge in [-0.05, 0) is 45.7 Å². The minimum atomic E-state index is -0.441. The summed E-state index contributed by atoms with van der Waals surface area (Å²) in [5.74, 6) is 0. The topological polar surface area (TPSA) is 35.5 Å². The van der Waals surface area contributed by atoms with E-state index in [-0.39, 0.29) is 11.2 Å². The average molecular weight is 248 g/mol. The van der Waals surface area contributed by atoms with Crippen LogP contribution in [-0.4, -0.2) is 24.6 Å². The number of carbonyl (C=O) groups excluding carboxylic acids is 1. The van der Waals surface area contributed by atoms with E-state index in [0.29, 0.717) is 5.57 Å². The number of rotatable bonds is 4. The van der Waals surface area contributed by atoms with Crippen molar-refractivity contribution in [3.8, 4) is 0 Å². The Bertz CT molecular complexity index is 389. The van der Waals surface area contributed by atoms with E-state index < -0.39 is 7.12 Å². The highest BCUT2D eigenvalue weighted by Crippen LogP contribution is 2.38. The first-order valence-corrected chi connectivity index (χ1v) is 6.05. The lowest BCUT2D eigenvalue weighted by Crippen LogP contribution is -2.41. The fourth-order valence-corrected chi connectivity index (χ4v) is 1.49. The summed E-state index contributed by atoms with van der Waals surface area (Å²) in [5, 5.41) is 0. The molecule has 0 N–H and O–H groups in total. The highest BCUT2D eigenvalue weighted by atomic mass is 16.7. The molecule has 0 aliphatic carbocycles. The molecule has 1 heterocycles. The van der Waals surface area contributed by atoms with Crippen LogP contribution in [-0.2, 0) is 14.1 Å². The summed E-state index contributed by atoms with van der Waals surface area (Å²) in [6.45, 7) is 13.5. The Morgan fingerprint density at radius 2 is 1.61 bits per heavy atom. The summed E-state index contributed by atoms with van der Waals surface area (Å²) in [6, 6.07) is 0. The van der Waals surface area contributed by atoms with E-state index in [1.165, 1.54) is 0 Å². The Kier molecular flexibility index (Phi) is 4.35. The van der Waals surface area contributed by atoms with Crippen molar-refractivity contribution in [2.45, 2.75) is 45.8 Å². The lowest BCUT2D eigenvalue weighted by Gasteiger charge is -2.32. The fraction of sp³-hybridized carbons (Fsp3) is 0.500. The van der Waals surface area contributed by atoms with Gasteiger partial charge in [-0.2, -0.15) is 0 Å². The van der Waals surface area contributed by atoms with E-state index >= 15 is 0 Å². The van der Waals surface area contributed by atoms with Crippen LogP contribution in [0.15, 0.2) is 35.9 Å². The Morgan fingerprint density at radius 3 is 2.00 bits per heavy atom. The third kappa shape index (κ3) is 3.00. The standard InChI is InChI=1S/C14H21BO3/c1-7-12(9-8-11(2)10-16)15-17-13(3,4)14(5,6)18-15/h7-10H,1H2,2-6H3/b11-8+,12-9+. The van der Waals surface area contributed by atoms with Crippen molar-refractivity contribution in [2.75, 3.05) is 0 Å². The molecule has 1 saturated heterocycles. The summed E-state index contributed by atoms with van der Waals surface area (Å²) in [5.41, 5.74) is 0.715. The molecule has 1 rings (SSSR count). The predicted molar refractivity (Wildman–Crippen MR) is 74.2 cm³/mol. The molecule has 18 heavy (non-hydrogen) atoms. The van der Waals surface area contributed by atoms with Gasteiger partial charge in [0.2, 0.25) is 0 Å². The summed E-state index contributed by atoms with van der Waals surface area (Å²) < 4.78 is 11.8. The van der Waals surface area contributed by atoms with Gasteiger partial charge in [0.25, 0.3) is 0 Å². The van der Waals surface area contributed by atoms with Crippen LogP contribution < -0.4 is 0 Å². The normalized spacial score (nSPS) is 23.1. The van der Waals surface area contributed by atoms with Gasteiger partial charge in [0.1, 0.15) is 6.29 Å². The maximum Gasteiger partial charge on any atom is 0.494 e. The number of aldehydes is 1. The molecule has 0 saturated carbocycles. The SMILES string of the molecule is C=C/C(=C\C=C(/C)C=O)B1OC(C)(C)C(C)(C)O1. The van der Waals surface area contributed by atoms with E-state index in [4.69, 9.17) is 9.31 Å². The second kappa shape index (κ2) is 5.25. The van der Waals surface area contributed by atoms with Gasteiger partial charge < -0.3 is 9.31 Å². The Morgan fingerprint density at radius 1 is 1.11 bits per heavy atom. The lowest BCUT2D eigenvalue weighted by atomic mass is 9.78. The van der Waals surface area contributed by atoms with Gasteiger partial charge in [-0.3, -0.25) is 4.79 Å². The summed E-state index contributed by atoms with van der Waals surface area (Å²) in [7, 11) is -0.441. The quantitative estimate of drug-likeness (QED) is 0.332. The molecule has 0 bridgehead atoms. The summed E-state index contributed by atoms with van der Waals surface area (Å²) in [4.78, 5) is 10.5. The summed E-state index contributed by atoms with van der Waals surface area (Å²) >= 11 is 0. The Hall–Kier alpha value is -1.13. The number of hydrogen-bond acceptors (Lipinski definition) is 3. The van der Waals surface area contributed by atoms with Crippen molar-refractivity contribution in [1.82, 2.24) is 0 Å². The molecule has 0 aromatic carbocycles. The first-order chi connectivity index (χ1) is 8.23. The molecule has 4 heteroatoms. The number of allylic oxidation sites excluding steroid dienone is 5. The maximum atomic E-state index is 10.5. The molecule has 0 spiro atoms. The van der Waals surface area contributed by atoms with Gasteiger partial charge in [0.15, 0.2) is 0 Å². The molecule has 0 amide bonds. The van der Waals surface area contributed by atoms with Crippen LogP contribution >= 0.6 is 0 Å². The smallest absolute Gasteiger partial charge is 0.399 e. The lowest BCUT2D eigenvalue weighted by molar-refractivity contribution is -0.104. The Balaban J connectivity index is 2.94. The average Bonchev–Trinajstić information content (AvgIpc) is 2.48. The second-order valence-electron chi connectivity index (χ2n) is 5.49. The first kappa shape index (κ1) is 14.9. The molecule has 1 fully saturated rings. The zero-order chi connectivity index (χ0) is 14.0. The summed E-state index contributed by atoms with van der Waals surface area (Å²) in [6.07, 6.45) is 6.03. The monoisotopic (exact) mass is 248 g/mol. The van der Waals surface area contributed by atoms with E-state index in [0.717, 1.165) is 11.8 Å². The molecule has 98 valence electrons. The van der Waals surface area contributed by atoms with Crippen LogP contribution in [0.5, 0.6) is 0 Å². The van der Waals surface area contributed by atoms with Gasteiger partial charge >= 0.3 is 7.12 Å².